The SMILES string of the molecule is COC(=O)[C@@H]1O[C@@H]1C1CC1. The molecule has 0 radical (unpaired) electrons. The van der Waals surface area contributed by atoms with E-state index in [-0.39, 0.29) is 18.2 Å². The van der Waals surface area contributed by atoms with Crippen LogP contribution in [0.1, 0.15) is 12.8 Å². The maximum absolute atomic E-state index is 10.8. The van der Waals surface area contributed by atoms with Crippen molar-refractivity contribution in [3.8, 4) is 0 Å². The van der Waals surface area contributed by atoms with Crippen LogP contribution in [0, 0.1) is 5.92 Å². The fourth-order valence-corrected chi connectivity index (χ4v) is 1.21. The molecule has 1 heterocycles. The van der Waals surface area contributed by atoms with Gasteiger partial charge in [-0.05, 0) is 18.8 Å². The second kappa shape index (κ2) is 1.95. The highest BCUT2D eigenvalue weighted by atomic mass is 16.6. The van der Waals surface area contributed by atoms with Crippen LogP contribution in [-0.2, 0) is 14.3 Å². The molecule has 2 atom stereocenters. The molecular weight excluding hydrogens is 132 g/mol. The molecule has 1 aliphatic carbocycles. The normalized spacial score (nSPS) is 37.3. The van der Waals surface area contributed by atoms with Crippen molar-refractivity contribution >= 4 is 5.97 Å². The average molecular weight is 142 g/mol. The maximum atomic E-state index is 10.8. The van der Waals surface area contributed by atoms with Crippen molar-refractivity contribution in [2.24, 2.45) is 5.92 Å². The van der Waals surface area contributed by atoms with E-state index in [4.69, 9.17) is 4.74 Å². The molecule has 0 bridgehead atoms. The van der Waals surface area contributed by atoms with Gasteiger partial charge in [0.1, 0.15) is 0 Å². The van der Waals surface area contributed by atoms with Crippen molar-refractivity contribution in [3.05, 3.63) is 0 Å². The molecule has 1 saturated heterocycles. The Morgan fingerprint density at radius 2 is 2.30 bits per heavy atom. The zero-order valence-electron chi connectivity index (χ0n) is 5.87. The Labute approximate surface area is 59.3 Å². The van der Waals surface area contributed by atoms with Crippen molar-refractivity contribution in [1.82, 2.24) is 0 Å². The van der Waals surface area contributed by atoms with Crippen LogP contribution < -0.4 is 0 Å². The number of rotatable bonds is 2. The van der Waals surface area contributed by atoms with Crippen molar-refractivity contribution in [3.63, 3.8) is 0 Å². The molecule has 0 unspecified atom stereocenters. The molecule has 1 saturated carbocycles. The Morgan fingerprint density at radius 3 is 2.80 bits per heavy atom. The van der Waals surface area contributed by atoms with Gasteiger partial charge in [0.15, 0.2) is 6.10 Å². The van der Waals surface area contributed by atoms with E-state index in [1.165, 1.54) is 20.0 Å². The van der Waals surface area contributed by atoms with Gasteiger partial charge in [0, 0.05) is 0 Å². The first-order valence-electron chi connectivity index (χ1n) is 3.56. The fourth-order valence-electron chi connectivity index (χ4n) is 1.21. The van der Waals surface area contributed by atoms with E-state index in [0.29, 0.717) is 5.92 Å². The largest absolute Gasteiger partial charge is 0.467 e. The minimum Gasteiger partial charge on any atom is -0.467 e. The Kier molecular flexibility index (Phi) is 1.20. The first-order valence-corrected chi connectivity index (χ1v) is 3.56. The number of methoxy groups -OCH3 is 1. The zero-order valence-corrected chi connectivity index (χ0v) is 5.87. The monoisotopic (exact) mass is 142 g/mol. The molecule has 2 aliphatic rings. The van der Waals surface area contributed by atoms with Crippen LogP contribution in [0.25, 0.3) is 0 Å². The minimum atomic E-state index is -0.225. The number of hydrogen-bond donors (Lipinski definition) is 0. The highest BCUT2D eigenvalue weighted by Gasteiger charge is 2.54. The van der Waals surface area contributed by atoms with Gasteiger partial charge >= 0.3 is 5.97 Å². The highest BCUT2D eigenvalue weighted by molar-refractivity contribution is 5.78. The second-order valence-corrected chi connectivity index (χ2v) is 2.88. The number of hydrogen-bond acceptors (Lipinski definition) is 3. The third-order valence-corrected chi connectivity index (χ3v) is 2.05. The van der Waals surface area contributed by atoms with E-state index in [1.54, 1.807) is 0 Å². The molecule has 0 amide bonds. The lowest BCUT2D eigenvalue weighted by molar-refractivity contribution is -0.142. The average Bonchev–Trinajstić information content (AvgIpc) is 2.74. The number of carbonyl (C=O) groups is 1. The summed E-state index contributed by atoms with van der Waals surface area (Å²) >= 11 is 0. The lowest BCUT2D eigenvalue weighted by Gasteiger charge is -1.90. The predicted molar refractivity (Wildman–Crippen MR) is 33.4 cm³/mol. The van der Waals surface area contributed by atoms with Gasteiger partial charge in [-0.15, -0.1) is 0 Å². The van der Waals surface area contributed by atoms with Crippen LogP contribution >= 0.6 is 0 Å². The van der Waals surface area contributed by atoms with E-state index in [1.807, 2.05) is 0 Å². The molecule has 3 nitrogen and oxygen atoms in total. The smallest absolute Gasteiger partial charge is 0.337 e. The molecular formula is C7H10O3. The maximum Gasteiger partial charge on any atom is 0.337 e. The van der Waals surface area contributed by atoms with Crippen LogP contribution in [0.15, 0.2) is 0 Å². The van der Waals surface area contributed by atoms with Crippen LogP contribution in [0.2, 0.25) is 0 Å². The van der Waals surface area contributed by atoms with Crippen molar-refractivity contribution in [2.45, 2.75) is 25.0 Å². The predicted octanol–water partition coefficient (Wildman–Crippen LogP) is 0.337. The molecule has 2 fully saturated rings. The van der Waals surface area contributed by atoms with E-state index in [0.717, 1.165) is 0 Å². The number of esters is 1. The fraction of sp³-hybridized carbons (Fsp3) is 0.857. The molecule has 0 aromatic rings. The van der Waals surface area contributed by atoms with Crippen LogP contribution in [0.3, 0.4) is 0 Å². The highest BCUT2D eigenvalue weighted by Crippen LogP contribution is 2.44. The molecule has 0 spiro atoms. The second-order valence-electron chi connectivity index (χ2n) is 2.88. The molecule has 0 aromatic heterocycles. The summed E-state index contributed by atoms with van der Waals surface area (Å²) in [6.45, 7) is 0. The van der Waals surface area contributed by atoms with Gasteiger partial charge in [-0.2, -0.15) is 0 Å². The number of epoxide rings is 1. The third-order valence-electron chi connectivity index (χ3n) is 2.05. The Hall–Kier alpha value is -0.570. The molecule has 1 aliphatic heterocycles. The summed E-state index contributed by atoms with van der Waals surface area (Å²) in [6.07, 6.45) is 2.42. The third kappa shape index (κ3) is 0.904. The molecule has 3 heteroatoms. The van der Waals surface area contributed by atoms with E-state index >= 15 is 0 Å². The van der Waals surface area contributed by atoms with Crippen LogP contribution in [0.4, 0.5) is 0 Å². The standard InChI is InChI=1S/C7H10O3/c1-9-7(8)6-5(10-6)4-2-3-4/h4-6H,2-3H2,1H3/t5-,6-/m1/s1. The van der Waals surface area contributed by atoms with Gasteiger partial charge in [-0.3, -0.25) is 0 Å². The summed E-state index contributed by atoms with van der Waals surface area (Å²) in [5.41, 5.74) is 0. The van der Waals surface area contributed by atoms with Gasteiger partial charge in [0.05, 0.1) is 13.2 Å². The molecule has 0 N–H and O–H groups in total. The minimum absolute atomic E-state index is 0.201. The molecule has 56 valence electrons. The summed E-state index contributed by atoms with van der Waals surface area (Å²) in [6, 6.07) is 0. The van der Waals surface area contributed by atoms with E-state index in [2.05, 4.69) is 4.74 Å². The summed E-state index contributed by atoms with van der Waals surface area (Å²) in [5, 5.41) is 0. The van der Waals surface area contributed by atoms with Crippen LogP contribution in [0.5, 0.6) is 0 Å². The summed E-state index contributed by atoms with van der Waals surface area (Å²) < 4.78 is 9.64. The van der Waals surface area contributed by atoms with Crippen molar-refractivity contribution in [2.75, 3.05) is 7.11 Å². The van der Waals surface area contributed by atoms with E-state index < -0.39 is 0 Å². The topological polar surface area (TPSA) is 38.8 Å². The van der Waals surface area contributed by atoms with Gasteiger partial charge in [0.25, 0.3) is 0 Å². The lowest BCUT2D eigenvalue weighted by atomic mass is 10.2. The van der Waals surface area contributed by atoms with Gasteiger partial charge in [-0.25, -0.2) is 4.79 Å². The quantitative estimate of drug-likeness (QED) is 0.412. The summed E-state index contributed by atoms with van der Waals surface area (Å²) in [4.78, 5) is 10.8. The van der Waals surface area contributed by atoms with E-state index in [9.17, 15) is 4.79 Å². The first kappa shape index (κ1) is 6.16. The van der Waals surface area contributed by atoms with Crippen molar-refractivity contribution < 1.29 is 14.3 Å². The lowest BCUT2D eigenvalue weighted by Crippen LogP contribution is -2.12. The zero-order chi connectivity index (χ0) is 7.14. The van der Waals surface area contributed by atoms with Crippen LogP contribution in [-0.4, -0.2) is 25.3 Å². The van der Waals surface area contributed by atoms with Crippen molar-refractivity contribution in [1.29, 1.82) is 0 Å². The summed E-state index contributed by atoms with van der Waals surface area (Å²) in [7, 11) is 1.40. The number of ether oxygens (including phenoxy) is 2. The Bertz CT molecular complexity index is 162. The Morgan fingerprint density at radius 1 is 1.60 bits per heavy atom. The number of carbonyl (C=O) groups excluding carboxylic acids is 1. The summed E-state index contributed by atoms with van der Waals surface area (Å²) in [5.74, 6) is 0.445. The first-order chi connectivity index (χ1) is 4.83. The molecule has 0 aromatic carbocycles. The molecule has 2 rings (SSSR count). The Balaban J connectivity index is 1.82. The van der Waals surface area contributed by atoms with Gasteiger partial charge in [-0.1, -0.05) is 0 Å². The van der Waals surface area contributed by atoms with Gasteiger partial charge < -0.3 is 9.47 Å². The van der Waals surface area contributed by atoms with Gasteiger partial charge in [0.2, 0.25) is 0 Å². The molecule has 10 heavy (non-hydrogen) atoms.